The molecule has 1 aromatic heterocycles. The number of carbonyl (C=O) groups is 1. The van der Waals surface area contributed by atoms with E-state index in [-0.39, 0.29) is 5.91 Å². The number of pyridine rings is 1. The van der Waals surface area contributed by atoms with Crippen LogP contribution in [0.4, 0.5) is 5.69 Å². The molecule has 82 valence electrons. The van der Waals surface area contributed by atoms with Gasteiger partial charge < -0.3 is 10.6 Å². The van der Waals surface area contributed by atoms with Crippen LogP contribution in [0.25, 0.3) is 0 Å². The number of amides is 1. The van der Waals surface area contributed by atoms with E-state index in [4.69, 9.17) is 5.73 Å². The second-order valence-electron chi connectivity index (χ2n) is 4.02. The van der Waals surface area contributed by atoms with Crippen molar-refractivity contribution >= 4 is 11.6 Å². The van der Waals surface area contributed by atoms with E-state index >= 15 is 0 Å². The van der Waals surface area contributed by atoms with Crippen LogP contribution in [0.2, 0.25) is 0 Å². The zero-order chi connectivity index (χ0) is 11.4. The largest absolute Gasteiger partial charge is 0.397 e. The molecular weight excluding hydrogens is 190 g/mol. The van der Waals surface area contributed by atoms with Crippen molar-refractivity contribution in [3.63, 3.8) is 0 Å². The van der Waals surface area contributed by atoms with Gasteiger partial charge in [0.1, 0.15) is 0 Å². The van der Waals surface area contributed by atoms with E-state index in [1.54, 1.807) is 30.3 Å². The Morgan fingerprint density at radius 2 is 2.27 bits per heavy atom. The second-order valence-corrected chi connectivity index (χ2v) is 4.02. The van der Waals surface area contributed by atoms with Crippen molar-refractivity contribution in [3.05, 3.63) is 24.0 Å². The molecule has 0 saturated heterocycles. The maximum absolute atomic E-state index is 11.9. The van der Waals surface area contributed by atoms with Crippen LogP contribution in [0, 0.1) is 5.92 Å². The maximum atomic E-state index is 11.9. The smallest absolute Gasteiger partial charge is 0.274 e. The molecule has 0 unspecified atom stereocenters. The number of hydrogen-bond donors (Lipinski definition) is 1. The average molecular weight is 207 g/mol. The van der Waals surface area contributed by atoms with Crippen LogP contribution in [-0.4, -0.2) is 29.4 Å². The molecule has 1 rings (SSSR count). The van der Waals surface area contributed by atoms with Gasteiger partial charge in [0, 0.05) is 19.8 Å². The number of nitrogens with zero attached hydrogens (tertiary/aromatic N) is 2. The summed E-state index contributed by atoms with van der Waals surface area (Å²) in [5.41, 5.74) is 6.44. The average Bonchev–Trinajstić information content (AvgIpc) is 2.16. The minimum Gasteiger partial charge on any atom is -0.397 e. The van der Waals surface area contributed by atoms with E-state index in [1.807, 2.05) is 0 Å². The summed E-state index contributed by atoms with van der Waals surface area (Å²) in [5.74, 6) is 0.311. The Morgan fingerprint density at radius 3 is 2.80 bits per heavy atom. The van der Waals surface area contributed by atoms with Crippen LogP contribution in [-0.2, 0) is 0 Å². The Kier molecular flexibility index (Phi) is 3.66. The van der Waals surface area contributed by atoms with Crippen LogP contribution in [0.3, 0.4) is 0 Å². The van der Waals surface area contributed by atoms with Gasteiger partial charge >= 0.3 is 0 Å². The van der Waals surface area contributed by atoms with E-state index in [0.29, 0.717) is 23.8 Å². The summed E-state index contributed by atoms with van der Waals surface area (Å²) in [5, 5.41) is 0. The number of hydrogen-bond acceptors (Lipinski definition) is 3. The molecule has 1 amide bonds. The summed E-state index contributed by atoms with van der Waals surface area (Å²) >= 11 is 0. The summed E-state index contributed by atoms with van der Waals surface area (Å²) in [6.45, 7) is 4.83. The highest BCUT2D eigenvalue weighted by Crippen LogP contribution is 2.10. The normalized spacial score (nSPS) is 10.4. The van der Waals surface area contributed by atoms with Gasteiger partial charge in [-0.2, -0.15) is 0 Å². The van der Waals surface area contributed by atoms with Gasteiger partial charge in [0.15, 0.2) is 5.69 Å². The quantitative estimate of drug-likeness (QED) is 0.814. The first-order valence-corrected chi connectivity index (χ1v) is 4.98. The number of nitrogen functional groups attached to an aromatic ring is 1. The Hall–Kier alpha value is -1.58. The minimum atomic E-state index is -0.123. The molecule has 0 aromatic carbocycles. The molecular formula is C11H17N3O. The van der Waals surface area contributed by atoms with Crippen molar-refractivity contribution in [3.8, 4) is 0 Å². The lowest BCUT2D eigenvalue weighted by atomic mass is 10.2. The molecule has 1 heterocycles. The summed E-state index contributed by atoms with van der Waals surface area (Å²) in [6, 6.07) is 3.40. The predicted octanol–water partition coefficient (Wildman–Crippen LogP) is 1.39. The van der Waals surface area contributed by atoms with Gasteiger partial charge in [-0.05, 0) is 18.1 Å². The van der Waals surface area contributed by atoms with Crippen LogP contribution in [0.15, 0.2) is 18.3 Å². The fraction of sp³-hybridized carbons (Fsp3) is 0.455. The summed E-state index contributed by atoms with van der Waals surface area (Å²) in [7, 11) is 1.76. The van der Waals surface area contributed by atoms with E-state index in [1.165, 1.54) is 0 Å². The molecule has 1 aromatic rings. The highest BCUT2D eigenvalue weighted by Gasteiger charge is 2.16. The van der Waals surface area contributed by atoms with Crippen LogP contribution >= 0.6 is 0 Å². The standard InChI is InChI=1S/C11H17N3O/c1-8(2)7-14(3)11(15)10-9(12)5-4-6-13-10/h4-6,8H,7,12H2,1-3H3. The van der Waals surface area contributed by atoms with Gasteiger partial charge in [-0.3, -0.25) is 4.79 Å². The van der Waals surface area contributed by atoms with Crippen molar-refractivity contribution < 1.29 is 4.79 Å². The van der Waals surface area contributed by atoms with Crippen molar-refractivity contribution in [2.45, 2.75) is 13.8 Å². The van der Waals surface area contributed by atoms with Gasteiger partial charge in [-0.25, -0.2) is 4.98 Å². The summed E-state index contributed by atoms with van der Waals surface area (Å²) < 4.78 is 0. The first-order valence-electron chi connectivity index (χ1n) is 4.98. The second kappa shape index (κ2) is 4.77. The number of anilines is 1. The Balaban J connectivity index is 2.81. The third-order valence-corrected chi connectivity index (χ3v) is 2.03. The third kappa shape index (κ3) is 2.94. The summed E-state index contributed by atoms with van der Waals surface area (Å²) in [6.07, 6.45) is 1.58. The number of rotatable bonds is 3. The third-order valence-electron chi connectivity index (χ3n) is 2.03. The van der Waals surface area contributed by atoms with E-state index in [9.17, 15) is 4.79 Å². The van der Waals surface area contributed by atoms with Crippen molar-refractivity contribution in [1.82, 2.24) is 9.88 Å². The molecule has 0 saturated carbocycles. The lowest BCUT2D eigenvalue weighted by molar-refractivity contribution is 0.0774. The fourth-order valence-corrected chi connectivity index (χ4v) is 1.41. The highest BCUT2D eigenvalue weighted by atomic mass is 16.2. The summed E-state index contributed by atoms with van der Waals surface area (Å²) in [4.78, 5) is 17.5. The predicted molar refractivity (Wildman–Crippen MR) is 60.4 cm³/mol. The molecule has 0 fully saturated rings. The Labute approximate surface area is 90.1 Å². The van der Waals surface area contributed by atoms with Gasteiger partial charge in [-0.1, -0.05) is 13.8 Å². The van der Waals surface area contributed by atoms with Crippen LogP contribution in [0.1, 0.15) is 24.3 Å². The van der Waals surface area contributed by atoms with Crippen LogP contribution < -0.4 is 5.73 Å². The highest BCUT2D eigenvalue weighted by molar-refractivity contribution is 5.96. The molecule has 0 atom stereocenters. The SMILES string of the molecule is CC(C)CN(C)C(=O)c1ncccc1N. The Bertz CT molecular complexity index is 349. The van der Waals surface area contributed by atoms with E-state index < -0.39 is 0 Å². The van der Waals surface area contributed by atoms with Crippen LogP contribution in [0.5, 0.6) is 0 Å². The zero-order valence-electron chi connectivity index (χ0n) is 9.40. The maximum Gasteiger partial charge on any atom is 0.274 e. The number of aromatic nitrogens is 1. The molecule has 4 heteroatoms. The fourth-order valence-electron chi connectivity index (χ4n) is 1.41. The molecule has 4 nitrogen and oxygen atoms in total. The molecule has 0 spiro atoms. The zero-order valence-corrected chi connectivity index (χ0v) is 9.40. The first kappa shape index (κ1) is 11.5. The minimum absolute atomic E-state index is 0.123. The molecule has 0 radical (unpaired) electrons. The molecule has 2 N–H and O–H groups in total. The topological polar surface area (TPSA) is 59.2 Å². The van der Waals surface area contributed by atoms with Gasteiger partial charge in [0.05, 0.1) is 5.69 Å². The first-order chi connectivity index (χ1) is 7.02. The van der Waals surface area contributed by atoms with Gasteiger partial charge in [0.2, 0.25) is 0 Å². The van der Waals surface area contributed by atoms with Gasteiger partial charge in [-0.15, -0.1) is 0 Å². The molecule has 0 aliphatic rings. The molecule has 0 aliphatic heterocycles. The Morgan fingerprint density at radius 1 is 1.60 bits per heavy atom. The number of nitrogens with two attached hydrogens (primary N) is 1. The van der Waals surface area contributed by atoms with E-state index in [2.05, 4.69) is 18.8 Å². The van der Waals surface area contributed by atoms with Gasteiger partial charge in [0.25, 0.3) is 5.91 Å². The van der Waals surface area contributed by atoms with Crippen molar-refractivity contribution in [2.24, 2.45) is 5.92 Å². The van der Waals surface area contributed by atoms with Crippen molar-refractivity contribution in [2.75, 3.05) is 19.3 Å². The molecule has 0 bridgehead atoms. The monoisotopic (exact) mass is 207 g/mol. The van der Waals surface area contributed by atoms with Crippen molar-refractivity contribution in [1.29, 1.82) is 0 Å². The lowest BCUT2D eigenvalue weighted by Gasteiger charge is -2.19. The van der Waals surface area contributed by atoms with E-state index in [0.717, 1.165) is 0 Å². The molecule has 15 heavy (non-hydrogen) atoms. The lowest BCUT2D eigenvalue weighted by Crippen LogP contribution is -2.31. The molecule has 0 aliphatic carbocycles. The number of carbonyl (C=O) groups excluding carboxylic acids is 1.